The smallest absolute Gasteiger partial charge is 0.234 e. The van der Waals surface area contributed by atoms with Crippen LogP contribution in [0.3, 0.4) is 0 Å². The van der Waals surface area contributed by atoms with Gasteiger partial charge in [-0.1, -0.05) is 37.3 Å². The zero-order chi connectivity index (χ0) is 17.2. The summed E-state index contributed by atoms with van der Waals surface area (Å²) in [6.07, 6.45) is 0. The molecule has 4 nitrogen and oxygen atoms in total. The molecule has 0 radical (unpaired) electrons. The quantitative estimate of drug-likeness (QED) is 0.719. The van der Waals surface area contributed by atoms with Crippen LogP contribution in [-0.2, 0) is 11.3 Å². The van der Waals surface area contributed by atoms with Crippen LogP contribution in [-0.4, -0.2) is 37.0 Å². The first-order valence-electron chi connectivity index (χ1n) is 8.08. The summed E-state index contributed by atoms with van der Waals surface area (Å²) in [4.78, 5) is 14.0. The molecule has 0 aliphatic carbocycles. The van der Waals surface area contributed by atoms with Crippen LogP contribution in [0.15, 0.2) is 54.6 Å². The lowest BCUT2D eigenvalue weighted by molar-refractivity contribution is -0.122. The third-order valence-electron chi connectivity index (χ3n) is 3.55. The molecule has 0 aliphatic rings. The van der Waals surface area contributed by atoms with Crippen molar-refractivity contribution in [2.24, 2.45) is 0 Å². The number of hydrogen-bond acceptors (Lipinski definition) is 3. The van der Waals surface area contributed by atoms with Gasteiger partial charge in [0.15, 0.2) is 0 Å². The van der Waals surface area contributed by atoms with Crippen LogP contribution < -0.4 is 10.1 Å². The molecule has 0 heterocycles. The van der Waals surface area contributed by atoms with Gasteiger partial charge in [0.2, 0.25) is 5.91 Å². The van der Waals surface area contributed by atoms with Crippen LogP contribution >= 0.6 is 0 Å². The Bertz CT molecular complexity index is 634. The molecular formula is C19H23FN2O2. The number of halogens is 1. The summed E-state index contributed by atoms with van der Waals surface area (Å²) in [5.41, 5.74) is 0.858. The Labute approximate surface area is 142 Å². The number of rotatable bonds is 9. The second-order valence-corrected chi connectivity index (χ2v) is 5.44. The Balaban J connectivity index is 1.69. The molecule has 0 unspecified atom stereocenters. The first-order valence-corrected chi connectivity index (χ1v) is 8.08. The number of para-hydroxylation sites is 1. The van der Waals surface area contributed by atoms with Gasteiger partial charge in [0.1, 0.15) is 18.2 Å². The highest BCUT2D eigenvalue weighted by molar-refractivity contribution is 5.77. The summed E-state index contributed by atoms with van der Waals surface area (Å²) in [7, 11) is 0. The maximum atomic E-state index is 13.2. The molecule has 1 N–H and O–H groups in total. The molecule has 2 aromatic rings. The molecule has 5 heteroatoms. The molecule has 0 atom stereocenters. The fourth-order valence-corrected chi connectivity index (χ4v) is 2.31. The molecule has 0 saturated heterocycles. The fraction of sp³-hybridized carbons (Fsp3) is 0.316. The van der Waals surface area contributed by atoms with Crippen LogP contribution in [0.2, 0.25) is 0 Å². The van der Waals surface area contributed by atoms with Crippen molar-refractivity contribution in [3.05, 3.63) is 66.0 Å². The molecule has 1 amide bonds. The Morgan fingerprint density at radius 2 is 1.96 bits per heavy atom. The van der Waals surface area contributed by atoms with Crippen molar-refractivity contribution in [1.29, 1.82) is 0 Å². The normalized spacial score (nSPS) is 10.6. The van der Waals surface area contributed by atoms with Gasteiger partial charge in [-0.05, 0) is 36.4 Å². The van der Waals surface area contributed by atoms with Gasteiger partial charge in [0, 0.05) is 6.54 Å². The van der Waals surface area contributed by atoms with E-state index in [-0.39, 0.29) is 18.3 Å². The molecule has 0 saturated carbocycles. The lowest BCUT2D eigenvalue weighted by atomic mass is 10.2. The van der Waals surface area contributed by atoms with Gasteiger partial charge in [-0.2, -0.15) is 0 Å². The number of amides is 1. The van der Waals surface area contributed by atoms with Crippen molar-refractivity contribution in [2.75, 3.05) is 26.2 Å². The second kappa shape index (κ2) is 9.67. The molecule has 0 bridgehead atoms. The molecule has 0 fully saturated rings. The maximum Gasteiger partial charge on any atom is 0.234 e. The number of carbonyl (C=O) groups excluding carboxylic acids is 1. The molecule has 0 aromatic heterocycles. The van der Waals surface area contributed by atoms with Gasteiger partial charge < -0.3 is 10.1 Å². The van der Waals surface area contributed by atoms with Crippen molar-refractivity contribution in [1.82, 2.24) is 10.2 Å². The third kappa shape index (κ3) is 6.38. The van der Waals surface area contributed by atoms with Gasteiger partial charge in [0.05, 0.1) is 13.1 Å². The summed E-state index contributed by atoms with van der Waals surface area (Å²) in [6, 6.07) is 15.9. The van der Waals surface area contributed by atoms with Gasteiger partial charge in [-0.25, -0.2) is 4.39 Å². The van der Waals surface area contributed by atoms with E-state index >= 15 is 0 Å². The number of nitrogens with zero attached hydrogens (tertiary/aromatic N) is 1. The molecule has 2 rings (SSSR count). The first-order chi connectivity index (χ1) is 11.7. The third-order valence-corrected chi connectivity index (χ3v) is 3.55. The number of likely N-dealkylation sites (N-methyl/N-ethyl adjacent to an activating group) is 1. The van der Waals surface area contributed by atoms with Gasteiger partial charge in [-0.3, -0.25) is 9.69 Å². The summed E-state index contributed by atoms with van der Waals surface area (Å²) >= 11 is 0. The van der Waals surface area contributed by atoms with Gasteiger partial charge in [-0.15, -0.1) is 0 Å². The molecule has 0 aliphatic heterocycles. The van der Waals surface area contributed by atoms with Crippen molar-refractivity contribution < 1.29 is 13.9 Å². The van der Waals surface area contributed by atoms with Crippen molar-refractivity contribution in [3.63, 3.8) is 0 Å². The summed E-state index contributed by atoms with van der Waals surface area (Å²) in [5, 5.41) is 2.84. The average molecular weight is 330 g/mol. The summed E-state index contributed by atoms with van der Waals surface area (Å²) < 4.78 is 18.7. The Kier molecular flexibility index (Phi) is 7.23. The minimum Gasteiger partial charge on any atom is -0.492 e. The van der Waals surface area contributed by atoms with E-state index < -0.39 is 0 Å². The number of ether oxygens (including phenoxy) is 1. The largest absolute Gasteiger partial charge is 0.492 e. The minimum absolute atomic E-state index is 0.0649. The number of hydrogen-bond donors (Lipinski definition) is 1. The SMILES string of the molecule is CCN(CC(=O)NCCOc1ccccc1)Cc1cccc(F)c1. The Morgan fingerprint density at radius 3 is 2.67 bits per heavy atom. The monoisotopic (exact) mass is 330 g/mol. The van der Waals surface area contributed by atoms with E-state index in [0.29, 0.717) is 26.2 Å². The Hall–Kier alpha value is -2.40. The van der Waals surface area contributed by atoms with Crippen LogP contribution in [0, 0.1) is 5.82 Å². The van der Waals surface area contributed by atoms with Crippen molar-refractivity contribution >= 4 is 5.91 Å². The summed E-state index contributed by atoms with van der Waals surface area (Å²) in [5.74, 6) is 0.462. The van der Waals surface area contributed by atoms with E-state index in [2.05, 4.69) is 5.32 Å². The predicted octanol–water partition coefficient (Wildman–Crippen LogP) is 2.84. The van der Waals surface area contributed by atoms with E-state index in [0.717, 1.165) is 11.3 Å². The molecule has 0 spiro atoms. The molecular weight excluding hydrogens is 307 g/mol. The zero-order valence-electron chi connectivity index (χ0n) is 13.9. The van der Waals surface area contributed by atoms with E-state index in [1.807, 2.05) is 48.2 Å². The minimum atomic E-state index is -0.258. The van der Waals surface area contributed by atoms with Crippen molar-refractivity contribution in [3.8, 4) is 5.75 Å². The van der Waals surface area contributed by atoms with E-state index in [9.17, 15) is 9.18 Å². The highest BCUT2D eigenvalue weighted by atomic mass is 19.1. The lowest BCUT2D eigenvalue weighted by Gasteiger charge is -2.20. The van der Waals surface area contributed by atoms with Crippen LogP contribution in [0.5, 0.6) is 5.75 Å². The predicted molar refractivity (Wildman–Crippen MR) is 92.3 cm³/mol. The van der Waals surface area contributed by atoms with Gasteiger partial charge in [0.25, 0.3) is 0 Å². The maximum absolute atomic E-state index is 13.2. The van der Waals surface area contributed by atoms with E-state index in [1.54, 1.807) is 6.07 Å². The van der Waals surface area contributed by atoms with Crippen LogP contribution in [0.1, 0.15) is 12.5 Å². The van der Waals surface area contributed by atoms with Crippen LogP contribution in [0.25, 0.3) is 0 Å². The number of nitrogens with one attached hydrogen (secondary N) is 1. The average Bonchev–Trinajstić information content (AvgIpc) is 2.59. The summed E-state index contributed by atoms with van der Waals surface area (Å²) in [6.45, 7) is 4.38. The number of benzene rings is 2. The molecule has 24 heavy (non-hydrogen) atoms. The number of carbonyl (C=O) groups is 1. The van der Waals surface area contributed by atoms with Crippen molar-refractivity contribution in [2.45, 2.75) is 13.5 Å². The van der Waals surface area contributed by atoms with E-state index in [4.69, 9.17) is 4.74 Å². The highest BCUT2D eigenvalue weighted by Gasteiger charge is 2.09. The topological polar surface area (TPSA) is 41.6 Å². The Morgan fingerprint density at radius 1 is 1.17 bits per heavy atom. The first kappa shape index (κ1) is 17.9. The molecule has 2 aromatic carbocycles. The standard InChI is InChI=1S/C19H23FN2O2/c1-2-22(14-16-7-6-8-17(20)13-16)15-19(23)21-11-12-24-18-9-4-3-5-10-18/h3-10,13H,2,11-12,14-15H2,1H3,(H,21,23). The van der Waals surface area contributed by atoms with Crippen LogP contribution in [0.4, 0.5) is 4.39 Å². The second-order valence-electron chi connectivity index (χ2n) is 5.44. The highest BCUT2D eigenvalue weighted by Crippen LogP contribution is 2.08. The lowest BCUT2D eigenvalue weighted by Crippen LogP contribution is -2.38. The van der Waals surface area contributed by atoms with Gasteiger partial charge >= 0.3 is 0 Å². The molecule has 128 valence electrons. The zero-order valence-corrected chi connectivity index (χ0v) is 13.9. The van der Waals surface area contributed by atoms with E-state index in [1.165, 1.54) is 12.1 Å². The fourth-order valence-electron chi connectivity index (χ4n) is 2.31.